The van der Waals surface area contributed by atoms with Crippen molar-refractivity contribution in [1.29, 1.82) is 0 Å². The highest BCUT2D eigenvalue weighted by atomic mass is 16.2. The van der Waals surface area contributed by atoms with Gasteiger partial charge in [-0.25, -0.2) is 4.98 Å². The van der Waals surface area contributed by atoms with Crippen LogP contribution in [0.3, 0.4) is 0 Å². The van der Waals surface area contributed by atoms with Gasteiger partial charge in [0.25, 0.3) is 5.91 Å². The largest absolute Gasteiger partial charge is 0.354 e. The number of hydrogen-bond donors (Lipinski definition) is 1. The molecule has 0 aromatic carbocycles. The summed E-state index contributed by atoms with van der Waals surface area (Å²) in [6, 6.07) is 3.82. The second-order valence-corrected chi connectivity index (χ2v) is 7.01. The Bertz CT molecular complexity index is 554. The average molecular weight is 331 g/mol. The zero-order valence-electron chi connectivity index (χ0n) is 14.9. The quantitative estimate of drug-likeness (QED) is 0.889. The summed E-state index contributed by atoms with van der Waals surface area (Å²) >= 11 is 0. The third-order valence-corrected chi connectivity index (χ3v) is 5.12. The number of carbonyl (C=O) groups is 1. The number of likely N-dealkylation sites (N-methyl/N-ethyl adjacent to an activating group) is 1. The van der Waals surface area contributed by atoms with E-state index in [-0.39, 0.29) is 5.91 Å². The second-order valence-electron chi connectivity index (χ2n) is 7.01. The van der Waals surface area contributed by atoms with E-state index in [0.29, 0.717) is 5.92 Å². The fourth-order valence-electron chi connectivity index (χ4n) is 3.65. The first kappa shape index (κ1) is 17.2. The van der Waals surface area contributed by atoms with E-state index in [0.717, 1.165) is 63.6 Å². The van der Waals surface area contributed by atoms with Gasteiger partial charge in [-0.2, -0.15) is 0 Å². The van der Waals surface area contributed by atoms with Crippen molar-refractivity contribution < 1.29 is 4.79 Å². The number of rotatable bonds is 4. The molecule has 2 aliphatic heterocycles. The summed E-state index contributed by atoms with van der Waals surface area (Å²) in [4.78, 5) is 24.0. The predicted octanol–water partition coefficient (Wildman–Crippen LogP) is 0.905. The van der Waals surface area contributed by atoms with E-state index in [1.165, 1.54) is 6.42 Å². The Morgan fingerprint density at radius 2 is 2.08 bits per heavy atom. The molecule has 1 amide bonds. The first-order valence-corrected chi connectivity index (χ1v) is 9.01. The number of aromatic nitrogens is 1. The smallest absolute Gasteiger partial charge is 0.254 e. The number of carbonyl (C=O) groups excluding carboxylic acids is 1. The normalized spacial score (nSPS) is 22.7. The minimum absolute atomic E-state index is 0.147. The number of piperidine rings is 1. The molecule has 2 saturated heterocycles. The number of anilines is 1. The molecule has 1 aromatic heterocycles. The highest BCUT2D eigenvalue weighted by Gasteiger charge is 2.25. The molecule has 0 bridgehead atoms. The molecule has 132 valence electrons. The first-order valence-electron chi connectivity index (χ1n) is 9.01. The topological polar surface area (TPSA) is 51.7 Å². The maximum atomic E-state index is 12.9. The minimum Gasteiger partial charge on any atom is -0.354 e. The van der Waals surface area contributed by atoms with Gasteiger partial charge >= 0.3 is 0 Å². The maximum Gasteiger partial charge on any atom is 0.254 e. The summed E-state index contributed by atoms with van der Waals surface area (Å²) < 4.78 is 0. The van der Waals surface area contributed by atoms with Crippen molar-refractivity contribution in [3.63, 3.8) is 0 Å². The number of likely N-dealkylation sites (tertiary alicyclic amines) is 1. The van der Waals surface area contributed by atoms with Crippen molar-refractivity contribution in [2.75, 3.05) is 64.8 Å². The monoisotopic (exact) mass is 331 g/mol. The lowest BCUT2D eigenvalue weighted by Gasteiger charge is -2.34. The molecular weight excluding hydrogens is 302 g/mol. The Kier molecular flexibility index (Phi) is 5.68. The highest BCUT2D eigenvalue weighted by molar-refractivity contribution is 5.95. The third-order valence-electron chi connectivity index (χ3n) is 5.12. The SMILES string of the molecule is CNCC1CCCN(C(=O)c2ccnc(N3CCN(C)CC3)c2)C1. The number of hydrogen-bond acceptors (Lipinski definition) is 5. The van der Waals surface area contributed by atoms with Crippen LogP contribution in [0.1, 0.15) is 23.2 Å². The molecule has 0 aliphatic carbocycles. The second kappa shape index (κ2) is 7.94. The van der Waals surface area contributed by atoms with Crippen molar-refractivity contribution in [2.45, 2.75) is 12.8 Å². The molecule has 0 spiro atoms. The Hall–Kier alpha value is -1.66. The van der Waals surface area contributed by atoms with Gasteiger partial charge in [0.05, 0.1) is 0 Å². The van der Waals surface area contributed by atoms with Crippen LogP contribution in [0.2, 0.25) is 0 Å². The van der Waals surface area contributed by atoms with Crippen LogP contribution >= 0.6 is 0 Å². The molecule has 24 heavy (non-hydrogen) atoms. The van der Waals surface area contributed by atoms with Crippen LogP contribution in [0.5, 0.6) is 0 Å². The summed E-state index contributed by atoms with van der Waals surface area (Å²) in [5.74, 6) is 1.64. The van der Waals surface area contributed by atoms with Gasteiger partial charge < -0.3 is 20.0 Å². The van der Waals surface area contributed by atoms with Crippen LogP contribution in [0.15, 0.2) is 18.3 Å². The lowest BCUT2D eigenvalue weighted by atomic mass is 9.97. The van der Waals surface area contributed by atoms with Crippen molar-refractivity contribution in [1.82, 2.24) is 20.1 Å². The molecule has 3 heterocycles. The van der Waals surface area contributed by atoms with Gasteiger partial charge in [-0.05, 0) is 51.5 Å². The lowest BCUT2D eigenvalue weighted by Crippen LogP contribution is -2.45. The van der Waals surface area contributed by atoms with Crippen molar-refractivity contribution in [3.05, 3.63) is 23.9 Å². The Balaban J connectivity index is 1.68. The van der Waals surface area contributed by atoms with Crippen molar-refractivity contribution in [3.8, 4) is 0 Å². The Morgan fingerprint density at radius 1 is 1.29 bits per heavy atom. The van der Waals surface area contributed by atoms with Crippen molar-refractivity contribution >= 4 is 11.7 Å². The molecule has 0 radical (unpaired) electrons. The number of amides is 1. The zero-order chi connectivity index (χ0) is 16.9. The summed E-state index contributed by atoms with van der Waals surface area (Å²) in [5.41, 5.74) is 0.768. The summed E-state index contributed by atoms with van der Waals surface area (Å²) in [5, 5.41) is 3.23. The molecule has 1 unspecified atom stereocenters. The van der Waals surface area contributed by atoms with Crippen LogP contribution in [0.25, 0.3) is 0 Å². The molecule has 3 rings (SSSR count). The van der Waals surface area contributed by atoms with Crippen LogP contribution in [0, 0.1) is 5.92 Å². The predicted molar refractivity (Wildman–Crippen MR) is 96.5 cm³/mol. The molecule has 1 N–H and O–H groups in total. The zero-order valence-corrected chi connectivity index (χ0v) is 14.9. The van der Waals surface area contributed by atoms with E-state index < -0.39 is 0 Å². The van der Waals surface area contributed by atoms with Crippen molar-refractivity contribution in [2.24, 2.45) is 5.92 Å². The number of piperazine rings is 1. The van der Waals surface area contributed by atoms with Crippen LogP contribution in [0.4, 0.5) is 5.82 Å². The van der Waals surface area contributed by atoms with Gasteiger partial charge in [-0.3, -0.25) is 4.79 Å². The van der Waals surface area contributed by atoms with E-state index in [2.05, 4.69) is 27.1 Å². The lowest BCUT2D eigenvalue weighted by molar-refractivity contribution is 0.0674. The van der Waals surface area contributed by atoms with Gasteiger partial charge in [-0.1, -0.05) is 0 Å². The third kappa shape index (κ3) is 4.05. The highest BCUT2D eigenvalue weighted by Crippen LogP contribution is 2.20. The summed E-state index contributed by atoms with van der Waals surface area (Å²) in [7, 11) is 4.12. The maximum absolute atomic E-state index is 12.9. The van der Waals surface area contributed by atoms with Gasteiger partial charge in [0.15, 0.2) is 0 Å². The molecule has 6 nitrogen and oxygen atoms in total. The van der Waals surface area contributed by atoms with E-state index in [1.54, 1.807) is 6.20 Å². The van der Waals surface area contributed by atoms with Crippen LogP contribution in [-0.4, -0.2) is 80.6 Å². The first-order chi connectivity index (χ1) is 11.7. The molecule has 2 aliphatic rings. The van der Waals surface area contributed by atoms with Gasteiger partial charge in [0.2, 0.25) is 0 Å². The molecule has 6 heteroatoms. The van der Waals surface area contributed by atoms with Gasteiger partial charge in [-0.15, -0.1) is 0 Å². The van der Waals surface area contributed by atoms with Gasteiger partial charge in [0.1, 0.15) is 5.82 Å². The fraction of sp³-hybridized carbons (Fsp3) is 0.667. The molecular formula is C18H29N5O. The summed E-state index contributed by atoms with van der Waals surface area (Å²) in [6.07, 6.45) is 4.07. The molecule has 0 saturated carbocycles. The van der Waals surface area contributed by atoms with E-state index in [1.807, 2.05) is 24.1 Å². The fourth-order valence-corrected chi connectivity index (χ4v) is 3.65. The van der Waals surface area contributed by atoms with E-state index >= 15 is 0 Å². The van der Waals surface area contributed by atoms with Gasteiger partial charge in [0, 0.05) is 51.0 Å². The van der Waals surface area contributed by atoms with E-state index in [9.17, 15) is 4.79 Å². The molecule has 2 fully saturated rings. The number of nitrogens with zero attached hydrogens (tertiary/aromatic N) is 4. The average Bonchev–Trinajstić information content (AvgIpc) is 2.62. The van der Waals surface area contributed by atoms with Crippen LogP contribution < -0.4 is 10.2 Å². The molecule has 1 aromatic rings. The number of pyridine rings is 1. The summed E-state index contributed by atoms with van der Waals surface area (Å²) in [6.45, 7) is 6.71. The Labute approximate surface area is 144 Å². The van der Waals surface area contributed by atoms with Crippen LogP contribution in [-0.2, 0) is 0 Å². The molecule has 1 atom stereocenters. The van der Waals surface area contributed by atoms with E-state index in [4.69, 9.17) is 0 Å². The minimum atomic E-state index is 0.147. The standard InChI is InChI=1S/C18H29N5O/c1-19-13-15-4-3-7-23(14-15)18(24)16-5-6-20-17(12-16)22-10-8-21(2)9-11-22/h5-6,12,15,19H,3-4,7-11,13-14H2,1-2H3. The number of nitrogens with one attached hydrogen (secondary N) is 1. The Morgan fingerprint density at radius 3 is 2.83 bits per heavy atom.